The third kappa shape index (κ3) is 4.45. The van der Waals surface area contributed by atoms with Crippen LogP contribution in [0.2, 0.25) is 0 Å². The Balaban J connectivity index is 2.46. The number of hydrogen-bond donors (Lipinski definition) is 1. The maximum absolute atomic E-state index is 11.7. The van der Waals surface area contributed by atoms with E-state index in [1.54, 1.807) is 0 Å². The Morgan fingerprint density at radius 2 is 2.29 bits per heavy atom. The standard InChI is InChI=1S/C10H14N4O3/c1-2-4-13(6-10(16)17)9(15)3-5-14-8-11-7-12-14/h2,7-8H,1,3-6H2,(H,16,17). The van der Waals surface area contributed by atoms with E-state index in [4.69, 9.17) is 5.11 Å². The molecule has 92 valence electrons. The second-order valence-electron chi connectivity index (χ2n) is 3.37. The number of amides is 1. The quantitative estimate of drug-likeness (QED) is 0.663. The van der Waals surface area contributed by atoms with Crippen LogP contribution < -0.4 is 0 Å². The highest BCUT2D eigenvalue weighted by Crippen LogP contribution is 1.97. The van der Waals surface area contributed by atoms with Gasteiger partial charge in [0.05, 0.1) is 6.54 Å². The molecule has 0 saturated heterocycles. The van der Waals surface area contributed by atoms with E-state index in [1.807, 2.05) is 0 Å². The van der Waals surface area contributed by atoms with E-state index in [1.165, 1.54) is 28.3 Å². The van der Waals surface area contributed by atoms with Gasteiger partial charge in [0, 0.05) is 13.0 Å². The van der Waals surface area contributed by atoms with Crippen LogP contribution in [0.15, 0.2) is 25.3 Å². The van der Waals surface area contributed by atoms with Crippen LogP contribution in [0.4, 0.5) is 0 Å². The Hall–Kier alpha value is -2.18. The number of rotatable bonds is 7. The lowest BCUT2D eigenvalue weighted by Crippen LogP contribution is -2.36. The Morgan fingerprint density at radius 1 is 1.53 bits per heavy atom. The first kappa shape index (κ1) is 12.9. The molecule has 0 bridgehead atoms. The zero-order chi connectivity index (χ0) is 12.7. The van der Waals surface area contributed by atoms with Crippen LogP contribution in [0.5, 0.6) is 0 Å². The van der Waals surface area contributed by atoms with Crippen LogP contribution in [-0.2, 0) is 16.1 Å². The molecule has 1 heterocycles. The van der Waals surface area contributed by atoms with Crippen molar-refractivity contribution >= 4 is 11.9 Å². The maximum atomic E-state index is 11.7. The van der Waals surface area contributed by atoms with Crippen molar-refractivity contribution in [3.63, 3.8) is 0 Å². The van der Waals surface area contributed by atoms with Gasteiger partial charge in [0.15, 0.2) is 0 Å². The van der Waals surface area contributed by atoms with Gasteiger partial charge in [-0.05, 0) is 0 Å². The Bertz CT molecular complexity index is 388. The fourth-order valence-electron chi connectivity index (χ4n) is 1.29. The van der Waals surface area contributed by atoms with Crippen LogP contribution in [0.25, 0.3) is 0 Å². The molecule has 0 radical (unpaired) electrons. The molecule has 0 atom stereocenters. The number of aliphatic carboxylic acids is 1. The van der Waals surface area contributed by atoms with Crippen LogP contribution >= 0.6 is 0 Å². The summed E-state index contributed by atoms with van der Waals surface area (Å²) in [6, 6.07) is 0. The molecule has 0 aromatic carbocycles. The highest BCUT2D eigenvalue weighted by atomic mass is 16.4. The summed E-state index contributed by atoms with van der Waals surface area (Å²) in [6.45, 7) is 3.77. The van der Waals surface area contributed by atoms with E-state index in [9.17, 15) is 9.59 Å². The molecular formula is C10H14N4O3. The smallest absolute Gasteiger partial charge is 0.323 e. The molecule has 0 aliphatic rings. The molecule has 0 fully saturated rings. The van der Waals surface area contributed by atoms with Crippen molar-refractivity contribution in [3.8, 4) is 0 Å². The van der Waals surface area contributed by atoms with Crippen molar-refractivity contribution in [1.29, 1.82) is 0 Å². The third-order valence-electron chi connectivity index (χ3n) is 2.05. The van der Waals surface area contributed by atoms with Gasteiger partial charge in [0.2, 0.25) is 5.91 Å². The summed E-state index contributed by atoms with van der Waals surface area (Å²) >= 11 is 0. The van der Waals surface area contributed by atoms with E-state index >= 15 is 0 Å². The number of carboxylic acid groups (broad SMARTS) is 1. The van der Waals surface area contributed by atoms with Crippen LogP contribution in [-0.4, -0.2) is 49.7 Å². The minimum absolute atomic E-state index is 0.185. The second-order valence-corrected chi connectivity index (χ2v) is 3.37. The van der Waals surface area contributed by atoms with Crippen molar-refractivity contribution in [3.05, 3.63) is 25.3 Å². The van der Waals surface area contributed by atoms with Gasteiger partial charge in [0.25, 0.3) is 0 Å². The highest BCUT2D eigenvalue weighted by Gasteiger charge is 2.15. The molecule has 1 aromatic heterocycles. The lowest BCUT2D eigenvalue weighted by atomic mass is 10.3. The summed E-state index contributed by atoms with van der Waals surface area (Å²) in [6.07, 6.45) is 4.56. The van der Waals surface area contributed by atoms with Gasteiger partial charge in [0.1, 0.15) is 19.2 Å². The minimum atomic E-state index is -1.04. The summed E-state index contributed by atoms with van der Waals surface area (Å²) in [5.41, 5.74) is 0. The van der Waals surface area contributed by atoms with Crippen molar-refractivity contribution in [2.45, 2.75) is 13.0 Å². The van der Waals surface area contributed by atoms with E-state index < -0.39 is 5.97 Å². The predicted octanol–water partition coefficient (Wildman–Crippen LogP) is -0.233. The Morgan fingerprint density at radius 3 is 2.82 bits per heavy atom. The number of carbonyl (C=O) groups excluding carboxylic acids is 1. The second kappa shape index (κ2) is 6.41. The van der Waals surface area contributed by atoms with Crippen LogP contribution in [0.1, 0.15) is 6.42 Å². The summed E-state index contributed by atoms with van der Waals surface area (Å²) in [4.78, 5) is 27.3. The van der Waals surface area contributed by atoms with Crippen molar-refractivity contribution in [2.24, 2.45) is 0 Å². The first-order chi connectivity index (χ1) is 8.13. The van der Waals surface area contributed by atoms with Crippen LogP contribution in [0, 0.1) is 0 Å². The summed E-state index contributed by atoms with van der Waals surface area (Å²) in [7, 11) is 0. The first-order valence-corrected chi connectivity index (χ1v) is 5.06. The molecule has 1 N–H and O–H groups in total. The molecule has 0 spiro atoms. The molecule has 0 saturated carbocycles. The molecule has 1 amide bonds. The van der Waals surface area contributed by atoms with Gasteiger partial charge in [-0.25, -0.2) is 4.98 Å². The van der Waals surface area contributed by atoms with Gasteiger partial charge >= 0.3 is 5.97 Å². The van der Waals surface area contributed by atoms with Gasteiger partial charge in [-0.15, -0.1) is 6.58 Å². The van der Waals surface area contributed by atoms with Gasteiger partial charge in [-0.3, -0.25) is 14.3 Å². The summed E-state index contributed by atoms with van der Waals surface area (Å²) in [5.74, 6) is -1.29. The number of aryl methyl sites for hydroxylation is 1. The highest BCUT2D eigenvalue weighted by molar-refractivity contribution is 5.81. The number of nitrogens with zero attached hydrogens (tertiary/aromatic N) is 4. The average molecular weight is 238 g/mol. The molecule has 0 aliphatic heterocycles. The molecule has 7 heteroatoms. The van der Waals surface area contributed by atoms with E-state index in [-0.39, 0.29) is 25.4 Å². The molecule has 1 rings (SSSR count). The zero-order valence-corrected chi connectivity index (χ0v) is 9.32. The van der Waals surface area contributed by atoms with E-state index in [0.717, 1.165) is 0 Å². The fraction of sp³-hybridized carbons (Fsp3) is 0.400. The topological polar surface area (TPSA) is 88.3 Å². The van der Waals surface area contributed by atoms with Crippen molar-refractivity contribution in [2.75, 3.05) is 13.1 Å². The molecular weight excluding hydrogens is 224 g/mol. The lowest BCUT2D eigenvalue weighted by Gasteiger charge is -2.18. The summed E-state index contributed by atoms with van der Waals surface area (Å²) < 4.78 is 1.52. The number of carboxylic acids is 1. The number of hydrogen-bond acceptors (Lipinski definition) is 4. The monoisotopic (exact) mass is 238 g/mol. The normalized spacial score (nSPS) is 9.88. The summed E-state index contributed by atoms with van der Waals surface area (Å²) in [5, 5.41) is 12.5. The molecule has 0 aliphatic carbocycles. The van der Waals surface area contributed by atoms with E-state index in [2.05, 4.69) is 16.7 Å². The lowest BCUT2D eigenvalue weighted by molar-refractivity contribution is -0.144. The average Bonchev–Trinajstić information content (AvgIpc) is 2.77. The predicted molar refractivity (Wildman–Crippen MR) is 59.1 cm³/mol. The maximum Gasteiger partial charge on any atom is 0.323 e. The molecule has 1 aromatic rings. The van der Waals surface area contributed by atoms with Crippen molar-refractivity contribution in [1.82, 2.24) is 19.7 Å². The third-order valence-corrected chi connectivity index (χ3v) is 2.05. The Kier molecular flexibility index (Phi) is 4.86. The fourth-order valence-corrected chi connectivity index (χ4v) is 1.29. The van der Waals surface area contributed by atoms with Crippen molar-refractivity contribution < 1.29 is 14.7 Å². The van der Waals surface area contributed by atoms with E-state index in [0.29, 0.717) is 6.54 Å². The SMILES string of the molecule is C=CCN(CC(=O)O)C(=O)CCn1cncn1. The molecule has 17 heavy (non-hydrogen) atoms. The van der Waals surface area contributed by atoms with Gasteiger partial charge < -0.3 is 10.0 Å². The zero-order valence-electron chi connectivity index (χ0n) is 9.32. The minimum Gasteiger partial charge on any atom is -0.480 e. The molecule has 7 nitrogen and oxygen atoms in total. The number of carbonyl (C=O) groups is 2. The molecule has 0 unspecified atom stereocenters. The van der Waals surface area contributed by atoms with Gasteiger partial charge in [-0.1, -0.05) is 6.08 Å². The first-order valence-electron chi connectivity index (χ1n) is 5.06. The Labute approximate surface area is 98.4 Å². The largest absolute Gasteiger partial charge is 0.480 e. The van der Waals surface area contributed by atoms with Gasteiger partial charge in [-0.2, -0.15) is 5.10 Å². The van der Waals surface area contributed by atoms with Crippen LogP contribution in [0.3, 0.4) is 0 Å². The number of aromatic nitrogens is 3.